The number of carbonyl (C=O) groups excluding carboxylic acids is 1. The lowest BCUT2D eigenvalue weighted by molar-refractivity contribution is 0.102. The van der Waals surface area contributed by atoms with Crippen molar-refractivity contribution in [1.82, 2.24) is 9.88 Å². The van der Waals surface area contributed by atoms with Crippen LogP contribution in [-0.4, -0.2) is 46.5 Å². The van der Waals surface area contributed by atoms with Gasteiger partial charge in [0.05, 0.1) is 23.6 Å². The van der Waals surface area contributed by atoms with Crippen LogP contribution in [0.2, 0.25) is 0 Å². The monoisotopic (exact) mass is 450 g/mol. The first kappa shape index (κ1) is 21.3. The molecule has 2 aromatic carbocycles. The summed E-state index contributed by atoms with van der Waals surface area (Å²) in [6, 6.07) is 16.5. The molecule has 4 rings (SSSR count). The van der Waals surface area contributed by atoms with Gasteiger partial charge in [0, 0.05) is 30.6 Å². The molecule has 0 radical (unpaired) electrons. The quantitative estimate of drug-likeness (QED) is 0.353. The van der Waals surface area contributed by atoms with Crippen LogP contribution >= 0.6 is 11.3 Å². The smallest absolute Gasteiger partial charge is 0.409 e. The Morgan fingerprint density at radius 1 is 1.03 bits per heavy atom. The predicted octanol–water partition coefficient (Wildman–Crippen LogP) is 3.94. The molecule has 32 heavy (non-hydrogen) atoms. The molecule has 0 saturated carbocycles. The van der Waals surface area contributed by atoms with E-state index in [1.165, 1.54) is 11.3 Å². The maximum atomic E-state index is 12.8. The predicted molar refractivity (Wildman–Crippen MR) is 126 cm³/mol. The molecule has 2 amide bonds. The number of carbonyl (C=O) groups is 2. The first-order chi connectivity index (χ1) is 15.5. The average Bonchev–Trinajstić information content (AvgIpc) is 3.23. The van der Waals surface area contributed by atoms with Gasteiger partial charge in [-0.1, -0.05) is 30.3 Å². The highest BCUT2D eigenvalue weighted by atomic mass is 32.1. The molecule has 2 heterocycles. The van der Waals surface area contributed by atoms with Crippen LogP contribution in [0, 0.1) is 0 Å². The number of amides is 2. The average molecular weight is 451 g/mol. The van der Waals surface area contributed by atoms with Crippen LogP contribution in [0.3, 0.4) is 0 Å². The second kappa shape index (κ2) is 9.48. The minimum atomic E-state index is -1.20. The summed E-state index contributed by atoms with van der Waals surface area (Å²) in [4.78, 5) is 35.8. The third-order valence-corrected chi connectivity index (χ3v) is 5.96. The third kappa shape index (κ3) is 4.86. The van der Waals surface area contributed by atoms with Crippen molar-refractivity contribution in [3.63, 3.8) is 0 Å². The maximum Gasteiger partial charge on any atom is 0.409 e. The first-order valence-electron chi connectivity index (χ1n) is 9.96. The fraction of sp³-hybridized carbons (Fsp3) is 0.182. The number of fused-ring (bicyclic) bond motifs is 1. The van der Waals surface area contributed by atoms with Gasteiger partial charge in [0.25, 0.3) is 5.91 Å². The second-order valence-electron chi connectivity index (χ2n) is 7.03. The molecular weight excluding hydrogens is 428 g/mol. The van der Waals surface area contributed by atoms with Gasteiger partial charge in [-0.05, 0) is 24.3 Å². The van der Waals surface area contributed by atoms with Crippen LogP contribution in [0.5, 0.6) is 0 Å². The number of hydrogen-bond donors (Lipinski definition) is 4. The number of nitrogens with zero attached hydrogens (tertiary/aromatic N) is 3. The Balaban J connectivity index is 1.46. The van der Waals surface area contributed by atoms with Crippen LogP contribution in [0.1, 0.15) is 20.4 Å². The molecule has 164 valence electrons. The van der Waals surface area contributed by atoms with Crippen molar-refractivity contribution >= 4 is 46.4 Å². The molecule has 9 nitrogen and oxygen atoms in total. The standard InChI is InChI=1S/C22H22N6O3S/c1-23-21(24-14-7-3-2-4-8-14)28-12-11-17-18(13-28)32-20(26-17)19(29)25-15-9-5-6-10-16(15)27-22(30)31/h2-10,27H,11-13H2,1H3,(H,23,24)(H,25,29)(H,30,31). The SMILES string of the molecule is CN=C(Nc1ccccc1)N1CCc2nc(C(=O)Nc3ccccc3NC(=O)O)sc2C1. The largest absolute Gasteiger partial charge is 0.465 e. The van der Waals surface area contributed by atoms with E-state index in [1.54, 1.807) is 31.3 Å². The highest BCUT2D eigenvalue weighted by molar-refractivity contribution is 7.13. The Morgan fingerprint density at radius 2 is 1.72 bits per heavy atom. The van der Waals surface area contributed by atoms with Crippen LogP contribution in [-0.2, 0) is 13.0 Å². The molecule has 0 fully saturated rings. The van der Waals surface area contributed by atoms with Crippen molar-refractivity contribution in [3.05, 3.63) is 70.2 Å². The van der Waals surface area contributed by atoms with Gasteiger partial charge < -0.3 is 20.6 Å². The van der Waals surface area contributed by atoms with Crippen molar-refractivity contribution in [3.8, 4) is 0 Å². The number of benzene rings is 2. The number of anilines is 3. The summed E-state index contributed by atoms with van der Waals surface area (Å²) in [5.74, 6) is 0.386. The summed E-state index contributed by atoms with van der Waals surface area (Å²) in [5.41, 5.74) is 2.54. The number of rotatable bonds is 4. The van der Waals surface area contributed by atoms with E-state index in [-0.39, 0.29) is 5.91 Å². The number of nitrogens with one attached hydrogen (secondary N) is 3. The van der Waals surface area contributed by atoms with Crippen LogP contribution in [0.15, 0.2) is 59.6 Å². The molecule has 0 atom stereocenters. The molecule has 0 bridgehead atoms. The number of aromatic nitrogens is 1. The molecular formula is C22H22N6O3S. The lowest BCUT2D eigenvalue weighted by Gasteiger charge is -2.29. The summed E-state index contributed by atoms with van der Waals surface area (Å²) < 4.78 is 0. The minimum Gasteiger partial charge on any atom is -0.465 e. The van der Waals surface area contributed by atoms with E-state index >= 15 is 0 Å². The maximum absolute atomic E-state index is 12.8. The normalized spacial score (nSPS) is 13.3. The van der Waals surface area contributed by atoms with E-state index in [0.717, 1.165) is 28.8 Å². The van der Waals surface area contributed by atoms with E-state index in [1.807, 2.05) is 30.3 Å². The Hall–Kier alpha value is -3.92. The number of carboxylic acid groups (broad SMARTS) is 1. The number of thiazole rings is 1. The summed E-state index contributed by atoms with van der Waals surface area (Å²) >= 11 is 1.34. The van der Waals surface area contributed by atoms with Crippen molar-refractivity contribution in [2.45, 2.75) is 13.0 Å². The summed E-state index contributed by atoms with van der Waals surface area (Å²) in [6.45, 7) is 1.33. The number of guanidine groups is 1. The van der Waals surface area contributed by atoms with Gasteiger partial charge in [0.1, 0.15) is 0 Å². The zero-order valence-electron chi connectivity index (χ0n) is 17.3. The minimum absolute atomic E-state index is 0.302. The molecule has 1 aliphatic rings. The number of hydrogen-bond acceptors (Lipinski definition) is 5. The third-order valence-electron chi connectivity index (χ3n) is 4.88. The second-order valence-corrected chi connectivity index (χ2v) is 8.11. The zero-order chi connectivity index (χ0) is 22.5. The summed E-state index contributed by atoms with van der Waals surface area (Å²) in [6.07, 6.45) is -0.500. The van der Waals surface area contributed by atoms with E-state index in [9.17, 15) is 9.59 Å². The fourth-order valence-electron chi connectivity index (χ4n) is 3.39. The van der Waals surface area contributed by atoms with Gasteiger partial charge in [-0.3, -0.25) is 15.1 Å². The molecule has 4 N–H and O–H groups in total. The van der Waals surface area contributed by atoms with Crippen molar-refractivity contribution in [2.24, 2.45) is 4.99 Å². The fourth-order valence-corrected chi connectivity index (χ4v) is 4.41. The van der Waals surface area contributed by atoms with Gasteiger partial charge in [0.2, 0.25) is 0 Å². The zero-order valence-corrected chi connectivity index (χ0v) is 18.1. The van der Waals surface area contributed by atoms with Gasteiger partial charge in [0.15, 0.2) is 11.0 Å². The highest BCUT2D eigenvalue weighted by Crippen LogP contribution is 2.27. The summed E-state index contributed by atoms with van der Waals surface area (Å²) in [7, 11) is 1.74. The molecule has 0 unspecified atom stereocenters. The molecule has 0 aliphatic carbocycles. The molecule has 0 saturated heterocycles. The van der Waals surface area contributed by atoms with Crippen molar-refractivity contribution in [2.75, 3.05) is 29.5 Å². The van der Waals surface area contributed by atoms with E-state index in [4.69, 9.17) is 5.11 Å². The van der Waals surface area contributed by atoms with E-state index in [0.29, 0.717) is 29.3 Å². The van der Waals surface area contributed by atoms with Gasteiger partial charge in [-0.2, -0.15) is 0 Å². The Kier molecular flexibility index (Phi) is 6.31. The Bertz CT molecular complexity index is 1160. The molecule has 10 heteroatoms. The molecule has 1 aromatic heterocycles. The summed E-state index contributed by atoms with van der Waals surface area (Å²) in [5, 5.41) is 17.7. The van der Waals surface area contributed by atoms with Gasteiger partial charge in [-0.15, -0.1) is 11.3 Å². The van der Waals surface area contributed by atoms with Crippen LogP contribution in [0.25, 0.3) is 0 Å². The molecule has 3 aromatic rings. The highest BCUT2D eigenvalue weighted by Gasteiger charge is 2.25. The van der Waals surface area contributed by atoms with Gasteiger partial charge in [-0.25, -0.2) is 9.78 Å². The first-order valence-corrected chi connectivity index (χ1v) is 10.8. The van der Waals surface area contributed by atoms with Gasteiger partial charge >= 0.3 is 6.09 Å². The number of para-hydroxylation sites is 3. The Morgan fingerprint density at radius 3 is 2.41 bits per heavy atom. The lowest BCUT2D eigenvalue weighted by atomic mass is 10.2. The van der Waals surface area contributed by atoms with Crippen molar-refractivity contribution in [1.29, 1.82) is 0 Å². The number of aliphatic imine (C=N–C) groups is 1. The lowest BCUT2D eigenvalue weighted by Crippen LogP contribution is -2.39. The molecule has 0 spiro atoms. The van der Waals surface area contributed by atoms with Crippen LogP contribution in [0.4, 0.5) is 21.9 Å². The van der Waals surface area contributed by atoms with Crippen molar-refractivity contribution < 1.29 is 14.7 Å². The van der Waals surface area contributed by atoms with E-state index < -0.39 is 6.09 Å². The van der Waals surface area contributed by atoms with Crippen LogP contribution < -0.4 is 16.0 Å². The topological polar surface area (TPSA) is 119 Å². The molecule has 1 aliphatic heterocycles. The Labute approximate surface area is 188 Å². The van der Waals surface area contributed by atoms with E-state index in [2.05, 4.69) is 30.8 Å².